The molecule has 0 spiro atoms. The van der Waals surface area contributed by atoms with E-state index in [2.05, 4.69) is 20.8 Å². The number of nitrogens with zero attached hydrogens (tertiary/aromatic N) is 2. The quantitative estimate of drug-likeness (QED) is 0.664. The number of carbonyl (C=O) groups is 1. The number of aromatic nitrogens is 2. The molecule has 8 heteroatoms. The topological polar surface area (TPSA) is 94.6 Å². The van der Waals surface area contributed by atoms with Gasteiger partial charge in [0.15, 0.2) is 17.2 Å². The number of hydrogen-bond donors (Lipinski definition) is 2. The lowest BCUT2D eigenvalue weighted by atomic mass is 10.2. The van der Waals surface area contributed by atoms with Gasteiger partial charge < -0.3 is 24.8 Å². The van der Waals surface area contributed by atoms with Crippen LogP contribution in [-0.4, -0.2) is 50.6 Å². The second kappa shape index (κ2) is 9.43. The molecule has 1 heterocycles. The molecule has 0 atom stereocenters. The normalized spacial score (nSPS) is 10.2. The van der Waals surface area contributed by atoms with Crippen LogP contribution in [0.3, 0.4) is 0 Å². The number of amides is 1. The first-order valence-corrected chi connectivity index (χ1v) is 7.73. The maximum Gasteiger partial charge on any atom is 0.271 e. The van der Waals surface area contributed by atoms with Crippen LogP contribution in [0.2, 0.25) is 0 Å². The molecule has 0 bridgehead atoms. The van der Waals surface area contributed by atoms with Crippen LogP contribution in [0.1, 0.15) is 16.1 Å². The van der Waals surface area contributed by atoms with Crippen LogP contribution in [0.4, 0.5) is 5.82 Å². The second-order valence-electron chi connectivity index (χ2n) is 5.10. The third kappa shape index (κ3) is 5.32. The van der Waals surface area contributed by atoms with Gasteiger partial charge in [-0.1, -0.05) is 6.07 Å². The van der Waals surface area contributed by atoms with Crippen LogP contribution in [0, 0.1) is 0 Å². The molecular weight excluding hydrogens is 324 g/mol. The summed E-state index contributed by atoms with van der Waals surface area (Å²) in [5, 5.41) is 13.8. The SMILES string of the molecule is COCCNC(=O)c1ccc(NCc2ccc(OC)c(OC)c2)nn1. The van der Waals surface area contributed by atoms with E-state index in [0.717, 1.165) is 5.56 Å². The molecule has 25 heavy (non-hydrogen) atoms. The van der Waals surface area contributed by atoms with E-state index < -0.39 is 0 Å². The highest BCUT2D eigenvalue weighted by molar-refractivity contribution is 5.92. The zero-order valence-corrected chi connectivity index (χ0v) is 14.5. The number of ether oxygens (including phenoxy) is 3. The van der Waals surface area contributed by atoms with Crippen LogP contribution in [0.5, 0.6) is 11.5 Å². The molecule has 2 rings (SSSR count). The molecule has 1 aromatic carbocycles. The van der Waals surface area contributed by atoms with Crippen LogP contribution in [-0.2, 0) is 11.3 Å². The Morgan fingerprint density at radius 2 is 1.84 bits per heavy atom. The fourth-order valence-electron chi connectivity index (χ4n) is 2.09. The molecule has 0 aliphatic heterocycles. The van der Waals surface area contributed by atoms with Gasteiger partial charge in [-0.3, -0.25) is 4.79 Å². The Morgan fingerprint density at radius 1 is 1.04 bits per heavy atom. The highest BCUT2D eigenvalue weighted by Gasteiger charge is 2.08. The van der Waals surface area contributed by atoms with Gasteiger partial charge in [0, 0.05) is 20.2 Å². The minimum absolute atomic E-state index is 0.257. The van der Waals surface area contributed by atoms with E-state index in [1.807, 2.05) is 18.2 Å². The molecule has 0 radical (unpaired) electrons. The number of nitrogens with one attached hydrogen (secondary N) is 2. The summed E-state index contributed by atoms with van der Waals surface area (Å²) >= 11 is 0. The van der Waals surface area contributed by atoms with Crippen molar-refractivity contribution in [3.8, 4) is 11.5 Å². The maximum absolute atomic E-state index is 11.8. The summed E-state index contributed by atoms with van der Waals surface area (Å²) in [6, 6.07) is 8.98. The smallest absolute Gasteiger partial charge is 0.271 e. The first kappa shape index (κ1) is 18.5. The zero-order valence-electron chi connectivity index (χ0n) is 14.5. The number of anilines is 1. The molecule has 0 aliphatic rings. The summed E-state index contributed by atoms with van der Waals surface area (Å²) in [6.45, 7) is 1.41. The molecular formula is C17H22N4O4. The first-order valence-electron chi connectivity index (χ1n) is 7.73. The molecule has 0 unspecified atom stereocenters. The average molecular weight is 346 g/mol. The molecule has 134 valence electrons. The number of carbonyl (C=O) groups excluding carboxylic acids is 1. The van der Waals surface area contributed by atoms with Crippen LogP contribution in [0.15, 0.2) is 30.3 Å². The van der Waals surface area contributed by atoms with Crippen molar-refractivity contribution in [3.63, 3.8) is 0 Å². The third-order valence-corrected chi connectivity index (χ3v) is 3.41. The van der Waals surface area contributed by atoms with Crippen LogP contribution < -0.4 is 20.1 Å². The molecule has 1 amide bonds. The van der Waals surface area contributed by atoms with E-state index >= 15 is 0 Å². The van der Waals surface area contributed by atoms with Gasteiger partial charge in [0.2, 0.25) is 0 Å². The van der Waals surface area contributed by atoms with E-state index in [4.69, 9.17) is 14.2 Å². The van der Waals surface area contributed by atoms with E-state index in [9.17, 15) is 4.79 Å². The Hall–Kier alpha value is -2.87. The standard InChI is InChI=1S/C17H22N4O4/c1-23-9-8-18-17(22)13-5-7-16(21-20-13)19-11-12-4-6-14(24-2)15(10-12)25-3/h4-7,10H,8-9,11H2,1-3H3,(H,18,22)(H,19,21). The first-order chi connectivity index (χ1) is 12.2. The molecule has 0 saturated heterocycles. The number of hydrogen-bond acceptors (Lipinski definition) is 7. The van der Waals surface area contributed by atoms with Gasteiger partial charge in [-0.2, -0.15) is 0 Å². The minimum atomic E-state index is -0.281. The van der Waals surface area contributed by atoms with Crippen molar-refractivity contribution in [1.82, 2.24) is 15.5 Å². The molecule has 1 aromatic heterocycles. The van der Waals surface area contributed by atoms with E-state index in [-0.39, 0.29) is 11.6 Å². The van der Waals surface area contributed by atoms with Crippen molar-refractivity contribution in [1.29, 1.82) is 0 Å². The fourth-order valence-corrected chi connectivity index (χ4v) is 2.09. The lowest BCUT2D eigenvalue weighted by molar-refractivity contribution is 0.0931. The highest BCUT2D eigenvalue weighted by Crippen LogP contribution is 2.27. The minimum Gasteiger partial charge on any atom is -0.493 e. The van der Waals surface area contributed by atoms with Crippen molar-refractivity contribution in [2.45, 2.75) is 6.54 Å². The van der Waals surface area contributed by atoms with Gasteiger partial charge in [-0.05, 0) is 29.8 Å². The van der Waals surface area contributed by atoms with Gasteiger partial charge in [-0.25, -0.2) is 0 Å². The summed E-state index contributed by atoms with van der Waals surface area (Å²) in [5.41, 5.74) is 1.26. The van der Waals surface area contributed by atoms with Crippen LogP contribution in [0.25, 0.3) is 0 Å². The van der Waals surface area contributed by atoms with Crippen molar-refractivity contribution in [2.24, 2.45) is 0 Å². The fraction of sp³-hybridized carbons (Fsp3) is 0.353. The van der Waals surface area contributed by atoms with Crippen molar-refractivity contribution < 1.29 is 19.0 Å². The summed E-state index contributed by atoms with van der Waals surface area (Å²) in [4.78, 5) is 11.8. The lowest BCUT2D eigenvalue weighted by Crippen LogP contribution is -2.27. The molecule has 0 aliphatic carbocycles. The van der Waals surface area contributed by atoms with Crippen molar-refractivity contribution >= 4 is 11.7 Å². The lowest BCUT2D eigenvalue weighted by Gasteiger charge is -2.10. The molecule has 8 nitrogen and oxygen atoms in total. The summed E-state index contributed by atoms with van der Waals surface area (Å²) < 4.78 is 15.4. The summed E-state index contributed by atoms with van der Waals surface area (Å²) in [6.07, 6.45) is 0. The summed E-state index contributed by atoms with van der Waals surface area (Å²) in [7, 11) is 4.76. The van der Waals surface area contributed by atoms with Gasteiger partial charge in [0.25, 0.3) is 5.91 Å². The molecule has 0 saturated carbocycles. The molecule has 2 aromatic rings. The number of methoxy groups -OCH3 is 3. The van der Waals surface area contributed by atoms with Crippen molar-refractivity contribution in [3.05, 3.63) is 41.6 Å². The Labute approximate surface area is 146 Å². The number of rotatable bonds is 9. The Kier molecular flexibility index (Phi) is 6.97. The van der Waals surface area contributed by atoms with E-state index in [0.29, 0.717) is 37.0 Å². The maximum atomic E-state index is 11.8. The van der Waals surface area contributed by atoms with Gasteiger partial charge in [0.1, 0.15) is 5.82 Å². The predicted octanol–water partition coefficient (Wildman–Crippen LogP) is 1.48. The third-order valence-electron chi connectivity index (χ3n) is 3.41. The van der Waals surface area contributed by atoms with E-state index in [1.165, 1.54) is 0 Å². The monoisotopic (exact) mass is 346 g/mol. The van der Waals surface area contributed by atoms with Crippen molar-refractivity contribution in [2.75, 3.05) is 39.8 Å². The average Bonchev–Trinajstić information content (AvgIpc) is 2.66. The largest absolute Gasteiger partial charge is 0.493 e. The summed E-state index contributed by atoms with van der Waals surface area (Å²) in [5.74, 6) is 1.63. The van der Waals surface area contributed by atoms with Gasteiger partial charge in [0.05, 0.1) is 20.8 Å². The number of benzene rings is 1. The van der Waals surface area contributed by atoms with E-state index in [1.54, 1.807) is 33.5 Å². The Bertz CT molecular complexity index is 692. The molecule has 2 N–H and O–H groups in total. The molecule has 0 fully saturated rings. The second-order valence-corrected chi connectivity index (χ2v) is 5.10. The highest BCUT2D eigenvalue weighted by atomic mass is 16.5. The Morgan fingerprint density at radius 3 is 2.48 bits per heavy atom. The Balaban J connectivity index is 1.92. The predicted molar refractivity (Wildman–Crippen MR) is 93.1 cm³/mol. The zero-order chi connectivity index (χ0) is 18.1. The van der Waals surface area contributed by atoms with Gasteiger partial charge in [-0.15, -0.1) is 10.2 Å². The van der Waals surface area contributed by atoms with Gasteiger partial charge >= 0.3 is 0 Å². The van der Waals surface area contributed by atoms with Crippen LogP contribution >= 0.6 is 0 Å².